The fourth-order valence-electron chi connectivity index (χ4n) is 1.45. The highest BCUT2D eigenvalue weighted by molar-refractivity contribution is 6.30. The predicted molar refractivity (Wildman–Crippen MR) is 64.8 cm³/mol. The summed E-state index contributed by atoms with van der Waals surface area (Å²) in [4.78, 5) is 22.0. The molecule has 0 heterocycles. The third kappa shape index (κ3) is 4.00. The van der Waals surface area contributed by atoms with E-state index in [9.17, 15) is 14.0 Å². The summed E-state index contributed by atoms with van der Waals surface area (Å²) in [7, 11) is 0. The van der Waals surface area contributed by atoms with Gasteiger partial charge in [0, 0.05) is 6.42 Å². The number of nitrogens with one attached hydrogen (secondary N) is 1. The molecule has 1 aromatic carbocycles. The number of amides is 1. The van der Waals surface area contributed by atoms with Crippen LogP contribution in [0, 0.1) is 5.82 Å². The zero-order valence-corrected chi connectivity index (χ0v) is 10.5. The van der Waals surface area contributed by atoms with Gasteiger partial charge in [0.25, 0.3) is 0 Å². The molecular weight excluding hydrogens is 261 g/mol. The monoisotopic (exact) mass is 273 g/mol. The standard InChI is InChI=1S/C12H13ClFNO3/c1-2-11(16)15-10(6-12(17)18)7-3-4-8(13)9(14)5-7/h3-5,10H,2,6H2,1H3,(H,15,16)(H,17,18). The molecule has 0 saturated heterocycles. The van der Waals surface area contributed by atoms with Crippen LogP contribution in [-0.4, -0.2) is 17.0 Å². The van der Waals surface area contributed by atoms with Crippen molar-refractivity contribution in [3.63, 3.8) is 0 Å². The Bertz CT molecular complexity index is 465. The van der Waals surface area contributed by atoms with Crippen molar-refractivity contribution in [2.24, 2.45) is 0 Å². The fourth-order valence-corrected chi connectivity index (χ4v) is 1.57. The summed E-state index contributed by atoms with van der Waals surface area (Å²) in [6, 6.07) is 3.20. The Labute approximate surface area is 109 Å². The molecule has 0 aromatic heterocycles. The summed E-state index contributed by atoms with van der Waals surface area (Å²) in [6.07, 6.45) is -0.0843. The lowest BCUT2D eigenvalue weighted by Gasteiger charge is -2.17. The third-order valence-corrected chi connectivity index (χ3v) is 2.69. The van der Waals surface area contributed by atoms with Gasteiger partial charge in [-0.3, -0.25) is 9.59 Å². The molecule has 18 heavy (non-hydrogen) atoms. The molecular formula is C12H13ClFNO3. The molecule has 1 unspecified atom stereocenters. The van der Waals surface area contributed by atoms with Crippen molar-refractivity contribution in [1.29, 1.82) is 0 Å². The van der Waals surface area contributed by atoms with Crippen molar-refractivity contribution < 1.29 is 19.1 Å². The first-order chi connectivity index (χ1) is 8.43. The Morgan fingerprint density at radius 3 is 2.67 bits per heavy atom. The van der Waals surface area contributed by atoms with E-state index in [-0.39, 0.29) is 23.8 Å². The molecule has 0 fully saturated rings. The van der Waals surface area contributed by atoms with E-state index in [0.29, 0.717) is 5.56 Å². The van der Waals surface area contributed by atoms with Gasteiger partial charge in [-0.1, -0.05) is 24.6 Å². The van der Waals surface area contributed by atoms with Crippen LogP contribution in [0.1, 0.15) is 31.4 Å². The van der Waals surface area contributed by atoms with Crippen LogP contribution in [0.25, 0.3) is 0 Å². The van der Waals surface area contributed by atoms with Crippen LogP contribution in [0.3, 0.4) is 0 Å². The lowest BCUT2D eigenvalue weighted by atomic mass is 10.0. The molecule has 0 spiro atoms. The number of carbonyl (C=O) groups excluding carboxylic acids is 1. The number of benzene rings is 1. The molecule has 98 valence electrons. The van der Waals surface area contributed by atoms with Crippen molar-refractivity contribution in [2.75, 3.05) is 0 Å². The Kier molecular flexibility index (Phi) is 5.09. The number of carbonyl (C=O) groups is 2. The van der Waals surface area contributed by atoms with Gasteiger partial charge in [-0.05, 0) is 17.7 Å². The van der Waals surface area contributed by atoms with E-state index in [0.717, 1.165) is 6.07 Å². The van der Waals surface area contributed by atoms with Crippen molar-refractivity contribution in [1.82, 2.24) is 5.32 Å². The topological polar surface area (TPSA) is 66.4 Å². The van der Waals surface area contributed by atoms with E-state index in [1.807, 2.05) is 0 Å². The van der Waals surface area contributed by atoms with E-state index in [2.05, 4.69) is 5.32 Å². The van der Waals surface area contributed by atoms with Crippen LogP contribution < -0.4 is 5.32 Å². The largest absolute Gasteiger partial charge is 0.481 e. The molecule has 0 aliphatic heterocycles. The number of hydrogen-bond donors (Lipinski definition) is 2. The quantitative estimate of drug-likeness (QED) is 0.866. The Morgan fingerprint density at radius 1 is 1.50 bits per heavy atom. The molecule has 0 aliphatic rings. The average Bonchev–Trinajstić information content (AvgIpc) is 2.31. The van der Waals surface area contributed by atoms with E-state index in [1.165, 1.54) is 12.1 Å². The Balaban J connectivity index is 2.96. The third-order valence-electron chi connectivity index (χ3n) is 2.38. The molecule has 1 amide bonds. The van der Waals surface area contributed by atoms with Crippen molar-refractivity contribution in [3.8, 4) is 0 Å². The maximum Gasteiger partial charge on any atom is 0.305 e. The summed E-state index contributed by atoms with van der Waals surface area (Å²) in [5.74, 6) is -2.02. The highest BCUT2D eigenvalue weighted by atomic mass is 35.5. The molecule has 1 rings (SSSR count). The van der Waals surface area contributed by atoms with Crippen LogP contribution in [0.2, 0.25) is 5.02 Å². The second-order valence-corrected chi connectivity index (χ2v) is 4.15. The molecule has 1 aromatic rings. The Hall–Kier alpha value is -1.62. The molecule has 6 heteroatoms. The highest BCUT2D eigenvalue weighted by Gasteiger charge is 2.18. The van der Waals surface area contributed by atoms with Gasteiger partial charge in [0.15, 0.2) is 0 Å². The van der Waals surface area contributed by atoms with Crippen LogP contribution in [0.4, 0.5) is 4.39 Å². The first-order valence-electron chi connectivity index (χ1n) is 5.40. The van der Waals surface area contributed by atoms with Crippen molar-refractivity contribution in [2.45, 2.75) is 25.8 Å². The molecule has 0 radical (unpaired) electrons. The van der Waals surface area contributed by atoms with Gasteiger partial charge in [-0.25, -0.2) is 4.39 Å². The predicted octanol–water partition coefficient (Wildman–Crippen LogP) is 2.52. The first kappa shape index (κ1) is 14.4. The molecule has 2 N–H and O–H groups in total. The number of halogens is 2. The number of rotatable bonds is 5. The fraction of sp³-hybridized carbons (Fsp3) is 0.333. The lowest BCUT2D eigenvalue weighted by Crippen LogP contribution is -2.29. The van der Waals surface area contributed by atoms with Crippen LogP contribution in [-0.2, 0) is 9.59 Å². The number of carboxylic acids is 1. The van der Waals surface area contributed by atoms with Gasteiger partial charge in [0.2, 0.25) is 5.91 Å². The normalized spacial score (nSPS) is 11.9. The molecule has 0 saturated carbocycles. The number of hydrogen-bond acceptors (Lipinski definition) is 2. The van der Waals surface area contributed by atoms with Gasteiger partial charge in [-0.2, -0.15) is 0 Å². The first-order valence-corrected chi connectivity index (χ1v) is 5.78. The second-order valence-electron chi connectivity index (χ2n) is 3.75. The van der Waals surface area contributed by atoms with E-state index < -0.39 is 17.8 Å². The average molecular weight is 274 g/mol. The molecule has 0 bridgehead atoms. The number of aliphatic carboxylic acids is 1. The van der Waals surface area contributed by atoms with Crippen LogP contribution in [0.5, 0.6) is 0 Å². The lowest BCUT2D eigenvalue weighted by molar-refractivity contribution is -0.137. The number of carboxylic acid groups (broad SMARTS) is 1. The van der Waals surface area contributed by atoms with Crippen molar-refractivity contribution in [3.05, 3.63) is 34.6 Å². The van der Waals surface area contributed by atoms with E-state index in [1.54, 1.807) is 6.92 Å². The minimum absolute atomic E-state index is 0.0466. The highest BCUT2D eigenvalue weighted by Crippen LogP contribution is 2.22. The van der Waals surface area contributed by atoms with E-state index >= 15 is 0 Å². The van der Waals surface area contributed by atoms with Gasteiger partial charge < -0.3 is 10.4 Å². The summed E-state index contributed by atoms with van der Waals surface area (Å²) in [6.45, 7) is 1.65. The molecule has 0 aliphatic carbocycles. The summed E-state index contributed by atoms with van der Waals surface area (Å²) >= 11 is 5.55. The van der Waals surface area contributed by atoms with Crippen molar-refractivity contribution >= 4 is 23.5 Å². The molecule has 1 atom stereocenters. The summed E-state index contributed by atoms with van der Waals surface area (Å²) < 4.78 is 13.3. The Morgan fingerprint density at radius 2 is 2.17 bits per heavy atom. The minimum Gasteiger partial charge on any atom is -0.481 e. The minimum atomic E-state index is -1.08. The zero-order chi connectivity index (χ0) is 13.7. The van der Waals surface area contributed by atoms with Crippen LogP contribution in [0.15, 0.2) is 18.2 Å². The van der Waals surface area contributed by atoms with Gasteiger partial charge in [0.05, 0.1) is 17.5 Å². The van der Waals surface area contributed by atoms with Gasteiger partial charge in [-0.15, -0.1) is 0 Å². The smallest absolute Gasteiger partial charge is 0.305 e. The van der Waals surface area contributed by atoms with Gasteiger partial charge >= 0.3 is 5.97 Å². The maximum atomic E-state index is 13.3. The van der Waals surface area contributed by atoms with Crippen LogP contribution >= 0.6 is 11.6 Å². The van der Waals surface area contributed by atoms with Gasteiger partial charge in [0.1, 0.15) is 5.82 Å². The zero-order valence-electron chi connectivity index (χ0n) is 9.74. The SMILES string of the molecule is CCC(=O)NC(CC(=O)O)c1ccc(Cl)c(F)c1. The maximum absolute atomic E-state index is 13.3. The summed E-state index contributed by atoms with van der Waals surface area (Å²) in [5, 5.41) is 11.3. The molecule has 4 nitrogen and oxygen atoms in total. The second kappa shape index (κ2) is 6.35. The summed E-state index contributed by atoms with van der Waals surface area (Å²) in [5.41, 5.74) is 0.376. The van der Waals surface area contributed by atoms with E-state index in [4.69, 9.17) is 16.7 Å².